The van der Waals surface area contributed by atoms with Gasteiger partial charge in [0.2, 0.25) is 0 Å². The van der Waals surface area contributed by atoms with Gasteiger partial charge in [0, 0.05) is 5.69 Å². The second kappa shape index (κ2) is 5.80. The number of halogens is 3. The summed E-state index contributed by atoms with van der Waals surface area (Å²) < 4.78 is 69.9. The van der Waals surface area contributed by atoms with Crippen molar-refractivity contribution < 1.29 is 31.3 Å². The highest BCUT2D eigenvalue weighted by atomic mass is 32.2. The molecule has 24 heavy (non-hydrogen) atoms. The molecular weight excluding hydrogens is 346 g/mol. The summed E-state index contributed by atoms with van der Waals surface area (Å²) in [4.78, 5) is -0.505. The molecule has 10 heteroatoms. The van der Waals surface area contributed by atoms with Crippen LogP contribution in [0, 0.1) is 0 Å². The lowest BCUT2D eigenvalue weighted by molar-refractivity contribution is -0.137. The molecule has 1 heterocycles. The molecule has 3 rings (SSSR count). The second-order valence-corrected chi connectivity index (χ2v) is 6.89. The van der Waals surface area contributed by atoms with E-state index in [4.69, 9.17) is 4.65 Å². The average Bonchev–Trinajstić information content (AvgIpc) is 2.87. The van der Waals surface area contributed by atoms with E-state index in [-0.39, 0.29) is 12.3 Å². The van der Waals surface area contributed by atoms with Gasteiger partial charge in [-0.1, -0.05) is 12.1 Å². The molecule has 1 aliphatic rings. The van der Waals surface area contributed by atoms with E-state index in [0.717, 1.165) is 18.2 Å². The molecule has 0 fully saturated rings. The van der Waals surface area contributed by atoms with E-state index in [0.29, 0.717) is 17.1 Å². The first-order valence-electron chi connectivity index (χ1n) is 6.79. The number of benzene rings is 2. The topological polar surface area (TPSA) is 75.6 Å². The number of sulfonamides is 1. The maximum absolute atomic E-state index is 12.7. The number of nitrogens with one attached hydrogen (secondary N) is 1. The van der Waals surface area contributed by atoms with Crippen molar-refractivity contribution in [1.82, 2.24) is 0 Å². The fourth-order valence-corrected chi connectivity index (χ4v) is 3.43. The summed E-state index contributed by atoms with van der Waals surface area (Å²) in [6, 6.07) is 7.87. The summed E-state index contributed by atoms with van der Waals surface area (Å²) >= 11 is 0. The predicted molar refractivity (Wildman–Crippen MR) is 81.1 cm³/mol. The Hall–Kier alpha value is -2.04. The van der Waals surface area contributed by atoms with Crippen LogP contribution in [0.4, 0.5) is 18.9 Å². The van der Waals surface area contributed by atoms with Crippen LogP contribution in [0.25, 0.3) is 0 Å². The van der Waals surface area contributed by atoms with E-state index < -0.39 is 33.8 Å². The van der Waals surface area contributed by atoms with Gasteiger partial charge in [-0.15, -0.1) is 0 Å². The predicted octanol–water partition coefficient (Wildman–Crippen LogP) is 1.72. The van der Waals surface area contributed by atoms with Crippen molar-refractivity contribution >= 4 is 28.3 Å². The first-order valence-corrected chi connectivity index (χ1v) is 8.28. The molecular formula is C14H11BF3NO4S. The number of rotatable bonds is 3. The van der Waals surface area contributed by atoms with Crippen molar-refractivity contribution in [2.45, 2.75) is 17.7 Å². The van der Waals surface area contributed by atoms with Crippen LogP contribution in [0.5, 0.6) is 0 Å². The molecule has 0 amide bonds. The first-order chi connectivity index (χ1) is 11.2. The van der Waals surface area contributed by atoms with Crippen LogP contribution in [0.15, 0.2) is 47.4 Å². The molecule has 0 saturated heterocycles. The minimum absolute atomic E-state index is 0.121. The lowest BCUT2D eigenvalue weighted by Gasteiger charge is -2.12. The molecule has 2 N–H and O–H groups in total. The van der Waals surface area contributed by atoms with Crippen LogP contribution in [-0.4, -0.2) is 20.6 Å². The highest BCUT2D eigenvalue weighted by molar-refractivity contribution is 7.92. The summed E-state index contributed by atoms with van der Waals surface area (Å²) in [5.41, 5.74) is 0.197. The van der Waals surface area contributed by atoms with E-state index in [9.17, 15) is 26.6 Å². The van der Waals surface area contributed by atoms with Crippen molar-refractivity contribution in [3.8, 4) is 0 Å². The van der Waals surface area contributed by atoms with E-state index in [2.05, 4.69) is 4.72 Å². The van der Waals surface area contributed by atoms with Gasteiger partial charge in [0.15, 0.2) is 0 Å². The van der Waals surface area contributed by atoms with E-state index in [1.165, 1.54) is 12.1 Å². The smallest absolute Gasteiger partial charge is 0.423 e. The van der Waals surface area contributed by atoms with E-state index in [1.807, 2.05) is 0 Å². The second-order valence-electron chi connectivity index (χ2n) is 5.21. The molecule has 0 unspecified atom stereocenters. The number of fused-ring (bicyclic) bond motifs is 1. The number of hydrogen-bond donors (Lipinski definition) is 2. The molecule has 2 aromatic carbocycles. The molecule has 0 atom stereocenters. The Morgan fingerprint density at radius 1 is 1.17 bits per heavy atom. The summed E-state index contributed by atoms with van der Waals surface area (Å²) in [6.45, 7) is 0.206. The van der Waals surface area contributed by atoms with Crippen molar-refractivity contribution in [2.24, 2.45) is 0 Å². The SMILES string of the molecule is O=S(=O)(Nc1ccc2c(c1)B(O)OC2)c1cccc(C(F)(F)F)c1. The summed E-state index contributed by atoms with van der Waals surface area (Å²) in [5, 5.41) is 9.62. The summed E-state index contributed by atoms with van der Waals surface area (Å²) in [6.07, 6.45) is -4.64. The summed E-state index contributed by atoms with van der Waals surface area (Å²) in [7, 11) is -5.36. The molecule has 0 aliphatic carbocycles. The Morgan fingerprint density at radius 3 is 2.62 bits per heavy atom. The van der Waals surface area contributed by atoms with Gasteiger partial charge in [0.25, 0.3) is 10.0 Å². The standard InChI is InChI=1S/C14H11BF3NO4S/c16-14(17,18)10-2-1-3-12(6-10)24(21,22)19-11-5-4-9-8-23-15(20)13(9)7-11/h1-7,19-20H,8H2. The van der Waals surface area contributed by atoms with Gasteiger partial charge in [-0.05, 0) is 41.4 Å². The average molecular weight is 357 g/mol. The largest absolute Gasteiger partial charge is 0.491 e. The van der Waals surface area contributed by atoms with Crippen LogP contribution < -0.4 is 10.2 Å². The molecule has 0 saturated carbocycles. The molecule has 0 bridgehead atoms. The molecule has 2 aromatic rings. The van der Waals surface area contributed by atoms with Crippen LogP contribution >= 0.6 is 0 Å². The Bertz CT molecular complexity index is 886. The number of hydrogen-bond acceptors (Lipinski definition) is 4. The van der Waals surface area contributed by atoms with Crippen molar-refractivity contribution in [1.29, 1.82) is 0 Å². The zero-order chi connectivity index (χ0) is 17.5. The minimum Gasteiger partial charge on any atom is -0.423 e. The lowest BCUT2D eigenvalue weighted by atomic mass is 9.79. The van der Waals surface area contributed by atoms with Gasteiger partial charge >= 0.3 is 13.3 Å². The third kappa shape index (κ3) is 3.26. The lowest BCUT2D eigenvalue weighted by Crippen LogP contribution is -2.28. The van der Waals surface area contributed by atoms with Gasteiger partial charge in [0.1, 0.15) is 0 Å². The third-order valence-corrected chi connectivity index (χ3v) is 4.91. The van der Waals surface area contributed by atoms with E-state index >= 15 is 0 Å². The van der Waals surface area contributed by atoms with Crippen LogP contribution in [-0.2, 0) is 27.5 Å². The molecule has 0 aromatic heterocycles. The van der Waals surface area contributed by atoms with Crippen molar-refractivity contribution in [3.05, 3.63) is 53.6 Å². The van der Waals surface area contributed by atoms with Crippen LogP contribution in [0.2, 0.25) is 0 Å². The van der Waals surface area contributed by atoms with Gasteiger partial charge in [-0.2, -0.15) is 13.2 Å². The fourth-order valence-electron chi connectivity index (χ4n) is 2.33. The monoisotopic (exact) mass is 357 g/mol. The van der Waals surface area contributed by atoms with Crippen LogP contribution in [0.1, 0.15) is 11.1 Å². The van der Waals surface area contributed by atoms with Gasteiger partial charge in [-0.25, -0.2) is 8.42 Å². The Morgan fingerprint density at radius 2 is 1.92 bits per heavy atom. The molecule has 0 radical (unpaired) electrons. The van der Waals surface area contributed by atoms with Gasteiger partial charge in [0.05, 0.1) is 17.1 Å². The highest BCUT2D eigenvalue weighted by Gasteiger charge is 2.32. The Balaban J connectivity index is 1.91. The van der Waals surface area contributed by atoms with Gasteiger partial charge in [-0.3, -0.25) is 4.72 Å². The number of anilines is 1. The molecule has 126 valence electrons. The van der Waals surface area contributed by atoms with E-state index in [1.54, 1.807) is 6.07 Å². The Labute approximate surface area is 136 Å². The molecule has 1 aliphatic heterocycles. The zero-order valence-electron chi connectivity index (χ0n) is 12.0. The maximum atomic E-state index is 12.7. The maximum Gasteiger partial charge on any atom is 0.491 e. The normalized spacial score (nSPS) is 14.6. The summed E-state index contributed by atoms with van der Waals surface area (Å²) in [5.74, 6) is 0. The Kier molecular flexibility index (Phi) is 4.06. The van der Waals surface area contributed by atoms with Crippen LogP contribution in [0.3, 0.4) is 0 Å². The molecule has 5 nitrogen and oxygen atoms in total. The minimum atomic E-state index is -4.64. The van der Waals surface area contributed by atoms with Crippen molar-refractivity contribution in [2.75, 3.05) is 4.72 Å². The quantitative estimate of drug-likeness (QED) is 0.821. The first kappa shape index (κ1) is 16.8. The van der Waals surface area contributed by atoms with Crippen molar-refractivity contribution in [3.63, 3.8) is 0 Å². The molecule has 0 spiro atoms. The third-order valence-electron chi connectivity index (χ3n) is 3.53. The fraction of sp³-hybridized carbons (Fsp3) is 0.143. The number of alkyl halides is 3. The van der Waals surface area contributed by atoms with Gasteiger partial charge < -0.3 is 9.68 Å². The highest BCUT2D eigenvalue weighted by Crippen LogP contribution is 2.30. The zero-order valence-corrected chi connectivity index (χ0v) is 12.9.